The summed E-state index contributed by atoms with van der Waals surface area (Å²) in [5.74, 6) is 0. The Morgan fingerprint density at radius 3 is 1.07 bits per heavy atom. The van der Waals surface area contributed by atoms with Crippen molar-refractivity contribution in [1.82, 2.24) is 0 Å². The maximum atomic E-state index is 11.4. The lowest BCUT2D eigenvalue weighted by atomic mass is 9.97. The fraction of sp³-hybridized carbons (Fsp3) is 1.00. The van der Waals surface area contributed by atoms with Crippen LogP contribution in [0.5, 0.6) is 0 Å². The van der Waals surface area contributed by atoms with E-state index in [0.717, 1.165) is 51.4 Å². The number of hydrogen-bond donors (Lipinski definition) is 14. The molecule has 0 radical (unpaired) electrons. The average Bonchev–Trinajstić information content (AvgIpc) is 3.47. The highest BCUT2D eigenvalue weighted by Crippen LogP contribution is 2.32. The molecular formula is C54H102O27. The van der Waals surface area contributed by atoms with Gasteiger partial charge in [-0.25, -0.2) is 19.6 Å². The average molecular weight is 1180 g/mol. The van der Waals surface area contributed by atoms with Crippen LogP contribution < -0.4 is 0 Å². The number of ether oxygens (including phenoxy) is 9. The zero-order valence-electron chi connectivity index (χ0n) is 47.5. The lowest BCUT2D eigenvalue weighted by Gasteiger charge is -2.46. The fourth-order valence-electron chi connectivity index (χ4n) is 9.93. The molecule has 0 amide bonds. The van der Waals surface area contributed by atoms with Crippen LogP contribution >= 0.6 is 0 Å². The van der Waals surface area contributed by atoms with Gasteiger partial charge in [0, 0.05) is 0 Å². The minimum absolute atomic E-state index is 0.231. The Morgan fingerprint density at radius 1 is 0.321 bits per heavy atom. The molecule has 0 spiro atoms. The van der Waals surface area contributed by atoms with E-state index in [2.05, 4.69) is 13.8 Å². The molecule has 0 aromatic rings. The van der Waals surface area contributed by atoms with Gasteiger partial charge in [-0.3, -0.25) is 0 Å². The summed E-state index contributed by atoms with van der Waals surface area (Å²) >= 11 is 0. The van der Waals surface area contributed by atoms with Crippen molar-refractivity contribution in [3.8, 4) is 0 Å². The van der Waals surface area contributed by atoms with Gasteiger partial charge in [0.25, 0.3) is 0 Å². The third kappa shape index (κ3) is 24.2. The molecule has 4 rings (SSSR count). The Labute approximate surface area is 476 Å². The molecule has 22 atom stereocenters. The minimum atomic E-state index is -1.91. The Balaban J connectivity index is 1.44. The molecule has 2 unspecified atom stereocenters. The number of rotatable bonds is 44. The highest BCUT2D eigenvalue weighted by atomic mass is 17.2. The Hall–Kier alpha value is -1.08. The number of aliphatic hydroxyl groups excluding tert-OH is 14. The van der Waals surface area contributed by atoms with Crippen molar-refractivity contribution in [2.45, 2.75) is 277 Å². The first-order valence-corrected chi connectivity index (χ1v) is 29.7. The molecule has 0 bridgehead atoms. The van der Waals surface area contributed by atoms with Crippen LogP contribution in [0.3, 0.4) is 0 Å². The van der Waals surface area contributed by atoms with Gasteiger partial charge in [0.2, 0.25) is 0 Å². The zero-order valence-corrected chi connectivity index (χ0v) is 47.5. The third-order valence-electron chi connectivity index (χ3n) is 15.0. The second-order valence-corrected chi connectivity index (χ2v) is 21.6. The van der Waals surface area contributed by atoms with Gasteiger partial charge in [0.15, 0.2) is 25.2 Å². The molecule has 480 valence electrons. The minimum Gasteiger partial charge on any atom is -0.394 e. The summed E-state index contributed by atoms with van der Waals surface area (Å²) in [6.07, 6.45) is -14.3. The first-order chi connectivity index (χ1) is 39.1. The molecule has 0 aromatic carbocycles. The standard InChI is InChI=1S/C54H102O27/c1-3-5-7-9-11-13-15-17-19-21-23-71-73-31-33(29-70-51-47(67)43(63)49(37(27-57)78-51)80-53-45(65)41(61)39(59)35(25-55)76-53)69-30-34(32-74-72-24-22-20-18-16-14-12-10-8-6-4-2)75-52-48(68)44(64)50(38(28-58)79-52)81-54-46(66)42(62)40(60)36(26-56)77-54/h33-68H,3-32H2,1-2H3/t33?,34?,35-,36-,37-,38-,39-,40-,41+,42+,43-,44-,45-,46-,47-,48-,49-,50-,51+,52-,53-,54-/m1/s1. The van der Waals surface area contributed by atoms with Crippen molar-refractivity contribution >= 4 is 0 Å². The van der Waals surface area contributed by atoms with E-state index in [0.29, 0.717) is 12.8 Å². The van der Waals surface area contributed by atoms with Gasteiger partial charge in [-0.05, 0) is 12.8 Å². The molecule has 4 heterocycles. The van der Waals surface area contributed by atoms with E-state index in [-0.39, 0.29) is 26.4 Å². The van der Waals surface area contributed by atoms with Crippen LogP contribution in [-0.4, -0.2) is 273 Å². The smallest absolute Gasteiger partial charge is 0.187 e. The van der Waals surface area contributed by atoms with E-state index >= 15 is 0 Å². The summed E-state index contributed by atoms with van der Waals surface area (Å²) in [6, 6.07) is 0. The molecule has 0 aromatic heterocycles. The van der Waals surface area contributed by atoms with Crippen molar-refractivity contribution in [2.75, 3.05) is 66.1 Å². The quantitative estimate of drug-likeness (QED) is 0.0193. The molecule has 14 N–H and O–H groups in total. The van der Waals surface area contributed by atoms with Gasteiger partial charge in [-0.1, -0.05) is 129 Å². The van der Waals surface area contributed by atoms with Crippen LogP contribution in [0.1, 0.15) is 142 Å². The van der Waals surface area contributed by atoms with Crippen LogP contribution in [0, 0.1) is 0 Å². The topological polar surface area (TPSA) is 403 Å². The second kappa shape index (κ2) is 41.1. The molecule has 27 nitrogen and oxygen atoms in total. The van der Waals surface area contributed by atoms with Crippen molar-refractivity contribution in [2.24, 2.45) is 0 Å². The van der Waals surface area contributed by atoms with E-state index in [1.54, 1.807) is 0 Å². The molecule has 0 aliphatic carbocycles. The van der Waals surface area contributed by atoms with E-state index in [4.69, 9.17) is 62.2 Å². The van der Waals surface area contributed by atoms with Gasteiger partial charge in [-0.2, -0.15) is 0 Å². The lowest BCUT2D eigenvalue weighted by molar-refractivity contribution is -0.372. The van der Waals surface area contributed by atoms with Crippen LogP contribution in [0.4, 0.5) is 0 Å². The zero-order chi connectivity index (χ0) is 59.1. The number of aliphatic hydroxyl groups is 14. The molecule has 27 heteroatoms. The molecule has 4 saturated heterocycles. The summed E-state index contributed by atoms with van der Waals surface area (Å²) in [6.45, 7) is 0.163. The summed E-state index contributed by atoms with van der Waals surface area (Å²) in [4.78, 5) is 22.2. The number of hydrogen-bond acceptors (Lipinski definition) is 27. The largest absolute Gasteiger partial charge is 0.394 e. The predicted octanol–water partition coefficient (Wildman–Crippen LogP) is -1.24. The molecule has 4 aliphatic rings. The second-order valence-electron chi connectivity index (χ2n) is 21.6. The summed E-state index contributed by atoms with van der Waals surface area (Å²) in [5.41, 5.74) is 0. The highest BCUT2D eigenvalue weighted by Gasteiger charge is 2.53. The van der Waals surface area contributed by atoms with Crippen LogP contribution in [0.2, 0.25) is 0 Å². The first kappa shape index (κ1) is 72.4. The van der Waals surface area contributed by atoms with Gasteiger partial charge in [-0.15, -0.1) is 0 Å². The SMILES string of the molecule is CCCCCCCCCCCCOOCC(CO[C@H]1O[C@H](CO)[C@@H](O[C@H]2O[C@H](CO)[C@@H](O)[C@H](O)[C@H]2O)[C@H](O)[C@H]1O)OCC(COOCCCCCCCCCCCC)O[C@@H]1O[C@H](CO)[C@@H](O[C@H]2O[C@H](CO)[C@@H](O)[C@H](O)[C@H]2O)[C@H](O)[C@H]1O. The van der Waals surface area contributed by atoms with E-state index in [1.807, 2.05) is 0 Å². The van der Waals surface area contributed by atoms with Gasteiger partial charge < -0.3 is 114 Å². The predicted molar refractivity (Wildman–Crippen MR) is 281 cm³/mol. The van der Waals surface area contributed by atoms with Crippen molar-refractivity contribution in [3.05, 3.63) is 0 Å². The van der Waals surface area contributed by atoms with Crippen LogP contribution in [-0.2, 0) is 62.2 Å². The fourth-order valence-corrected chi connectivity index (χ4v) is 9.93. The lowest BCUT2D eigenvalue weighted by Crippen LogP contribution is -2.65. The molecule has 4 aliphatic heterocycles. The normalized spacial score (nSPS) is 35.6. The van der Waals surface area contributed by atoms with Crippen molar-refractivity contribution in [1.29, 1.82) is 0 Å². The van der Waals surface area contributed by atoms with E-state index in [1.165, 1.54) is 64.2 Å². The molecule has 81 heavy (non-hydrogen) atoms. The van der Waals surface area contributed by atoms with Crippen LogP contribution in [0.15, 0.2) is 0 Å². The van der Waals surface area contributed by atoms with Gasteiger partial charge in [0.05, 0.1) is 52.9 Å². The monoisotopic (exact) mass is 1180 g/mol. The summed E-state index contributed by atoms with van der Waals surface area (Å²) < 4.78 is 52.2. The first-order valence-electron chi connectivity index (χ1n) is 29.7. The summed E-state index contributed by atoms with van der Waals surface area (Å²) in [5, 5.41) is 148. The van der Waals surface area contributed by atoms with Gasteiger partial charge in [0.1, 0.15) is 123 Å². The van der Waals surface area contributed by atoms with E-state index in [9.17, 15) is 71.5 Å². The van der Waals surface area contributed by atoms with Crippen molar-refractivity contribution < 1.29 is 134 Å². The molecular weight excluding hydrogens is 1080 g/mol. The summed E-state index contributed by atoms with van der Waals surface area (Å²) in [7, 11) is 0. The maximum absolute atomic E-state index is 11.4. The molecule has 4 fully saturated rings. The van der Waals surface area contributed by atoms with Crippen molar-refractivity contribution in [3.63, 3.8) is 0 Å². The third-order valence-corrected chi connectivity index (χ3v) is 15.0. The Bertz CT molecular complexity index is 1540. The highest BCUT2D eigenvalue weighted by molar-refractivity contribution is 4.96. The molecule has 0 saturated carbocycles. The maximum Gasteiger partial charge on any atom is 0.187 e. The van der Waals surface area contributed by atoms with E-state index < -0.39 is 175 Å². The van der Waals surface area contributed by atoms with Gasteiger partial charge >= 0.3 is 0 Å². The number of unbranched alkanes of at least 4 members (excludes halogenated alkanes) is 18. The van der Waals surface area contributed by atoms with Crippen LogP contribution in [0.25, 0.3) is 0 Å². The Kier molecular flexibility index (Phi) is 36.8. The Morgan fingerprint density at radius 2 is 0.667 bits per heavy atom.